The van der Waals surface area contributed by atoms with Crippen molar-refractivity contribution in [3.05, 3.63) is 77.4 Å². The first-order valence-corrected chi connectivity index (χ1v) is 11.2. The predicted molar refractivity (Wildman–Crippen MR) is 122 cm³/mol. The summed E-state index contributed by atoms with van der Waals surface area (Å²) in [5, 5.41) is 6.44. The molecule has 0 aromatic heterocycles. The summed E-state index contributed by atoms with van der Waals surface area (Å²) in [4.78, 5) is 0. The number of fused-ring (bicyclic) bond motifs is 1. The molecule has 0 atom stereocenters. The van der Waals surface area contributed by atoms with Gasteiger partial charge < -0.3 is 10.1 Å². The van der Waals surface area contributed by atoms with E-state index in [1.165, 1.54) is 72.4 Å². The molecule has 0 unspecified atom stereocenters. The second-order valence-electron chi connectivity index (χ2n) is 8.46. The predicted octanol–water partition coefficient (Wildman–Crippen LogP) is 6.93. The molecule has 0 radical (unpaired) electrons. The zero-order valence-corrected chi connectivity index (χ0v) is 17.6. The third kappa shape index (κ3) is 5.39. The van der Waals surface area contributed by atoms with Crippen molar-refractivity contribution in [2.45, 2.75) is 71.1 Å². The lowest BCUT2D eigenvalue weighted by Gasteiger charge is -2.22. The maximum absolute atomic E-state index is 6.32. The molecule has 4 rings (SSSR count). The number of nitrogens with one attached hydrogen (secondary N) is 1. The average Bonchev–Trinajstić information content (AvgIpc) is 2.73. The number of aryl methyl sites for hydroxylation is 1. The van der Waals surface area contributed by atoms with Gasteiger partial charge in [-0.15, -0.1) is 0 Å². The van der Waals surface area contributed by atoms with Crippen LogP contribution in [-0.2, 0) is 13.2 Å². The van der Waals surface area contributed by atoms with Crippen molar-refractivity contribution in [3.63, 3.8) is 0 Å². The zero-order chi connectivity index (χ0) is 19.9. The van der Waals surface area contributed by atoms with E-state index in [9.17, 15) is 0 Å². The minimum Gasteiger partial charge on any atom is -0.489 e. The van der Waals surface area contributed by atoms with Crippen LogP contribution in [0.4, 0.5) is 0 Å². The van der Waals surface area contributed by atoms with Crippen LogP contribution in [0.15, 0.2) is 60.7 Å². The van der Waals surface area contributed by atoms with Crippen LogP contribution >= 0.6 is 0 Å². The molecule has 1 aliphatic rings. The van der Waals surface area contributed by atoms with Gasteiger partial charge in [-0.3, -0.25) is 0 Å². The van der Waals surface area contributed by atoms with Crippen LogP contribution in [0, 0.1) is 6.92 Å². The topological polar surface area (TPSA) is 21.3 Å². The number of rotatable bonds is 6. The minimum atomic E-state index is 0.606. The monoisotopic (exact) mass is 387 g/mol. The van der Waals surface area contributed by atoms with Crippen molar-refractivity contribution >= 4 is 10.8 Å². The van der Waals surface area contributed by atoms with Crippen LogP contribution in [0.3, 0.4) is 0 Å². The van der Waals surface area contributed by atoms with Crippen LogP contribution in [0.5, 0.6) is 5.75 Å². The van der Waals surface area contributed by atoms with E-state index >= 15 is 0 Å². The molecular weight excluding hydrogens is 354 g/mol. The third-order valence-corrected chi connectivity index (χ3v) is 6.19. The van der Waals surface area contributed by atoms with Gasteiger partial charge in [-0.25, -0.2) is 0 Å². The van der Waals surface area contributed by atoms with Gasteiger partial charge >= 0.3 is 0 Å². The maximum Gasteiger partial charge on any atom is 0.124 e. The van der Waals surface area contributed by atoms with Crippen LogP contribution in [0.1, 0.15) is 61.6 Å². The lowest BCUT2D eigenvalue weighted by Crippen LogP contribution is -2.29. The van der Waals surface area contributed by atoms with Crippen molar-refractivity contribution in [3.8, 4) is 5.75 Å². The number of hydrogen-bond donors (Lipinski definition) is 1. The van der Waals surface area contributed by atoms with Gasteiger partial charge in [0.2, 0.25) is 0 Å². The molecule has 3 aromatic carbocycles. The molecule has 0 aliphatic heterocycles. The fourth-order valence-electron chi connectivity index (χ4n) is 4.39. The molecule has 0 amide bonds. The summed E-state index contributed by atoms with van der Waals surface area (Å²) in [7, 11) is 0. The summed E-state index contributed by atoms with van der Waals surface area (Å²) >= 11 is 0. The van der Waals surface area contributed by atoms with Gasteiger partial charge in [0.25, 0.3) is 0 Å². The van der Waals surface area contributed by atoms with Gasteiger partial charge in [0.05, 0.1) is 0 Å². The summed E-state index contributed by atoms with van der Waals surface area (Å²) in [6, 6.07) is 22.2. The van der Waals surface area contributed by atoms with E-state index in [1.807, 2.05) is 0 Å². The van der Waals surface area contributed by atoms with Crippen molar-refractivity contribution in [2.24, 2.45) is 0 Å². The third-order valence-electron chi connectivity index (χ3n) is 6.19. The Kier molecular flexibility index (Phi) is 6.84. The summed E-state index contributed by atoms with van der Waals surface area (Å²) in [5.41, 5.74) is 3.78. The highest BCUT2D eigenvalue weighted by atomic mass is 16.5. The molecule has 0 spiro atoms. The molecule has 0 heterocycles. The normalized spacial score (nSPS) is 15.8. The van der Waals surface area contributed by atoms with Crippen LogP contribution in [0.2, 0.25) is 0 Å². The fraction of sp³-hybridized carbons (Fsp3) is 0.407. The minimum absolute atomic E-state index is 0.606. The highest BCUT2D eigenvalue weighted by molar-refractivity contribution is 5.87. The van der Waals surface area contributed by atoms with E-state index < -0.39 is 0 Å². The number of benzene rings is 3. The van der Waals surface area contributed by atoms with Crippen LogP contribution in [0.25, 0.3) is 10.8 Å². The van der Waals surface area contributed by atoms with Gasteiger partial charge in [0.1, 0.15) is 12.4 Å². The summed E-state index contributed by atoms with van der Waals surface area (Å²) in [5.74, 6) is 1.00. The Morgan fingerprint density at radius 2 is 1.55 bits per heavy atom. The maximum atomic E-state index is 6.32. The second kappa shape index (κ2) is 9.93. The Labute approximate surface area is 175 Å². The first-order valence-electron chi connectivity index (χ1n) is 11.2. The molecule has 1 aliphatic carbocycles. The quantitative estimate of drug-likeness (QED) is 0.495. The summed E-state index contributed by atoms with van der Waals surface area (Å²) in [6.07, 6.45) is 9.48. The molecule has 1 saturated carbocycles. The lowest BCUT2D eigenvalue weighted by molar-refractivity contribution is 0.301. The molecule has 1 fully saturated rings. The fourth-order valence-corrected chi connectivity index (χ4v) is 4.39. The summed E-state index contributed by atoms with van der Waals surface area (Å²) < 4.78 is 6.32. The average molecular weight is 388 g/mol. The first-order chi connectivity index (χ1) is 14.3. The Morgan fingerprint density at radius 3 is 2.34 bits per heavy atom. The molecule has 0 saturated heterocycles. The molecule has 3 aromatic rings. The van der Waals surface area contributed by atoms with E-state index in [1.54, 1.807) is 0 Å². The molecule has 152 valence electrons. The van der Waals surface area contributed by atoms with E-state index in [0.717, 1.165) is 12.3 Å². The van der Waals surface area contributed by atoms with Crippen molar-refractivity contribution in [1.82, 2.24) is 5.32 Å². The SMILES string of the molecule is Cc1ccc(COc2ccc3ccccc3c2CNC2CCCCCCC2)cc1. The zero-order valence-electron chi connectivity index (χ0n) is 17.6. The highest BCUT2D eigenvalue weighted by Gasteiger charge is 2.14. The van der Waals surface area contributed by atoms with Gasteiger partial charge in [-0.1, -0.05) is 92.3 Å². The smallest absolute Gasteiger partial charge is 0.124 e. The van der Waals surface area contributed by atoms with Gasteiger partial charge in [0.15, 0.2) is 0 Å². The number of hydrogen-bond acceptors (Lipinski definition) is 2. The van der Waals surface area contributed by atoms with E-state index in [-0.39, 0.29) is 0 Å². The Morgan fingerprint density at radius 1 is 0.828 bits per heavy atom. The number of ether oxygens (including phenoxy) is 1. The second-order valence-corrected chi connectivity index (χ2v) is 8.46. The van der Waals surface area contributed by atoms with E-state index in [0.29, 0.717) is 12.6 Å². The standard InChI is InChI=1S/C27H33NO/c1-21-13-15-22(16-14-21)20-29-27-18-17-23-9-7-8-12-25(23)26(27)19-28-24-10-5-3-2-4-6-11-24/h7-9,12-18,24,28H,2-6,10-11,19-20H2,1H3. The van der Waals surface area contributed by atoms with Crippen molar-refractivity contribution in [1.29, 1.82) is 0 Å². The Hall–Kier alpha value is -2.32. The largest absolute Gasteiger partial charge is 0.489 e. The summed E-state index contributed by atoms with van der Waals surface area (Å²) in [6.45, 7) is 3.59. The lowest BCUT2D eigenvalue weighted by atomic mass is 9.96. The van der Waals surface area contributed by atoms with Gasteiger partial charge in [-0.2, -0.15) is 0 Å². The van der Waals surface area contributed by atoms with Gasteiger partial charge in [0, 0.05) is 18.2 Å². The van der Waals surface area contributed by atoms with Gasteiger partial charge in [-0.05, 0) is 42.2 Å². The highest BCUT2D eigenvalue weighted by Crippen LogP contribution is 2.29. The Bertz CT molecular complexity index is 907. The van der Waals surface area contributed by atoms with Crippen LogP contribution < -0.4 is 10.1 Å². The van der Waals surface area contributed by atoms with E-state index in [2.05, 4.69) is 72.9 Å². The van der Waals surface area contributed by atoms with Crippen LogP contribution in [-0.4, -0.2) is 6.04 Å². The Balaban J connectivity index is 1.52. The molecular formula is C27H33NO. The molecule has 2 heteroatoms. The molecule has 29 heavy (non-hydrogen) atoms. The first kappa shape index (κ1) is 20.0. The van der Waals surface area contributed by atoms with Crippen molar-refractivity contribution in [2.75, 3.05) is 0 Å². The molecule has 1 N–H and O–H groups in total. The molecule has 0 bridgehead atoms. The molecule has 2 nitrogen and oxygen atoms in total. The van der Waals surface area contributed by atoms with Crippen molar-refractivity contribution < 1.29 is 4.74 Å². The van der Waals surface area contributed by atoms with E-state index in [4.69, 9.17) is 4.74 Å².